The van der Waals surface area contributed by atoms with Crippen molar-refractivity contribution in [2.24, 2.45) is 0 Å². The standard InChI is InChI=1S/C39H49Si2.C15H14.C5H5.2ClH.Zr/c1-38(2,3)34-24-30-26(22-32(34)28-17-13-15-19-36(28)40(7,8)9)21-27-23-33(35(25-31(27)30)39(4,5)6)29-18-14-16-20-37(29)41(10,11)12;1-3-8-14(9-4-1)12-7-13-15-10-5-2-6-11-15;1-2-4-5-3-1;;;/h13-25H,1-12H3;1-6,8-11H,12-13H2;1-3H,4H2;2*1H;/q-1;;-1;;;+2/p-2. The molecule has 0 fully saturated rings. The summed E-state index contributed by atoms with van der Waals surface area (Å²) in [5, 5.41) is 8.56. The molecule has 0 aromatic heterocycles. The topological polar surface area (TPSA) is 0 Å². The van der Waals surface area contributed by atoms with E-state index in [2.05, 4.69) is 233 Å². The van der Waals surface area contributed by atoms with E-state index < -0.39 is 16.1 Å². The molecule has 0 aliphatic heterocycles. The van der Waals surface area contributed by atoms with E-state index in [1.54, 1.807) is 37.8 Å². The van der Waals surface area contributed by atoms with Crippen LogP contribution >= 0.6 is 0 Å². The molecule has 0 radical (unpaired) electrons. The maximum atomic E-state index is 2.99. The van der Waals surface area contributed by atoms with E-state index in [1.165, 1.54) is 66.1 Å². The van der Waals surface area contributed by atoms with Gasteiger partial charge >= 0.3 is 112 Å². The van der Waals surface area contributed by atoms with Gasteiger partial charge in [-0.3, -0.25) is 6.08 Å². The molecular formula is C59H68Cl2Si2Zr-2. The van der Waals surface area contributed by atoms with Crippen LogP contribution in [0.4, 0.5) is 0 Å². The van der Waals surface area contributed by atoms with E-state index in [-0.39, 0.29) is 35.6 Å². The number of rotatable bonds is 8. The number of fused-ring (bicyclic) bond motifs is 3. The van der Waals surface area contributed by atoms with E-state index >= 15 is 0 Å². The van der Waals surface area contributed by atoms with Gasteiger partial charge in [0.2, 0.25) is 0 Å². The Morgan fingerprint density at radius 3 is 1.22 bits per heavy atom. The zero-order chi connectivity index (χ0) is 44.9. The zero-order valence-corrected chi connectivity index (χ0v) is 46.4. The van der Waals surface area contributed by atoms with Crippen LogP contribution in [-0.2, 0) is 47.9 Å². The van der Waals surface area contributed by atoms with Gasteiger partial charge in [0.1, 0.15) is 0 Å². The van der Waals surface area contributed by atoms with Crippen molar-refractivity contribution in [3.8, 4) is 22.3 Å². The molecule has 0 spiro atoms. The van der Waals surface area contributed by atoms with Gasteiger partial charge in [0.05, 0.1) is 16.1 Å². The second-order valence-electron chi connectivity index (χ2n) is 21.1. The third-order valence-corrected chi connectivity index (χ3v) is 16.7. The summed E-state index contributed by atoms with van der Waals surface area (Å²) in [6.07, 6.45) is 12.2. The van der Waals surface area contributed by atoms with Crippen LogP contribution in [0.15, 0.2) is 158 Å². The molecule has 332 valence electrons. The number of hydrogen-bond acceptors (Lipinski definition) is 0. The predicted octanol–water partition coefficient (Wildman–Crippen LogP) is 9.24. The SMILES string of the molecule is CC(C)(C)c1cc2c(cc1-c1ccccc1[Si](C)(C)C)[cH-]c1cc(-c3ccccc3[Si](C)(C)C)c(C(C)(C)C)cc12.[C-]1=CC=CC1.[Cl-].[Cl-].[Zr+2]=[C](Cc1ccccc1)Cc1ccccc1. The molecule has 0 heterocycles. The van der Waals surface area contributed by atoms with Gasteiger partial charge in [-0.1, -0.05) is 152 Å². The summed E-state index contributed by atoms with van der Waals surface area (Å²) in [6, 6.07) is 52.2. The average Bonchev–Trinajstić information content (AvgIpc) is 3.92. The van der Waals surface area contributed by atoms with Gasteiger partial charge in [-0.2, -0.15) is 6.08 Å². The quantitative estimate of drug-likeness (QED) is 0.105. The van der Waals surface area contributed by atoms with Gasteiger partial charge in [-0.25, -0.2) is 12.2 Å². The number of benzene rings is 6. The van der Waals surface area contributed by atoms with Crippen molar-refractivity contribution < 1.29 is 49.0 Å². The first-order valence-electron chi connectivity index (χ1n) is 22.5. The van der Waals surface area contributed by atoms with Crippen molar-refractivity contribution in [2.45, 2.75) is 111 Å². The molecule has 0 nitrogen and oxygen atoms in total. The summed E-state index contributed by atoms with van der Waals surface area (Å²) in [5.41, 5.74) is 11.4. The van der Waals surface area contributed by atoms with Crippen LogP contribution in [0.3, 0.4) is 0 Å². The zero-order valence-electron chi connectivity index (χ0n) is 40.4. The number of hydrogen-bond donors (Lipinski definition) is 0. The summed E-state index contributed by atoms with van der Waals surface area (Å²) in [4.78, 5) is 0. The molecule has 1 aliphatic carbocycles. The fraction of sp³-hybridized carbons (Fsp3) is 0.288. The monoisotopic (exact) mass is 992 g/mol. The Kier molecular flexibility index (Phi) is 18.5. The normalized spacial score (nSPS) is 12.5. The molecule has 1 aliphatic rings. The Morgan fingerprint density at radius 2 is 0.906 bits per heavy atom. The molecule has 7 aromatic rings. The van der Waals surface area contributed by atoms with Crippen molar-refractivity contribution in [3.05, 3.63) is 186 Å². The van der Waals surface area contributed by atoms with E-state index in [0.717, 1.165) is 19.3 Å². The molecule has 0 atom stereocenters. The average molecular weight is 995 g/mol. The summed E-state index contributed by atoms with van der Waals surface area (Å²) in [6.45, 7) is 29.0. The number of halogens is 2. The predicted molar refractivity (Wildman–Crippen MR) is 278 cm³/mol. The van der Waals surface area contributed by atoms with E-state index in [9.17, 15) is 0 Å². The van der Waals surface area contributed by atoms with Crippen LogP contribution in [0.5, 0.6) is 0 Å². The van der Waals surface area contributed by atoms with Crippen LogP contribution in [0.2, 0.25) is 39.3 Å². The Morgan fingerprint density at radius 1 is 0.531 bits per heavy atom. The summed E-state index contributed by atoms with van der Waals surface area (Å²) < 4.78 is 1.60. The summed E-state index contributed by atoms with van der Waals surface area (Å²) in [7, 11) is -3.07. The Hall–Kier alpha value is -3.56. The van der Waals surface area contributed by atoms with Crippen LogP contribution in [0.25, 0.3) is 43.8 Å². The van der Waals surface area contributed by atoms with Crippen LogP contribution < -0.4 is 35.2 Å². The second kappa shape index (κ2) is 22.3. The van der Waals surface area contributed by atoms with E-state index in [1.807, 2.05) is 12.2 Å². The molecule has 0 bridgehead atoms. The third-order valence-electron chi connectivity index (χ3n) is 11.8. The van der Waals surface area contributed by atoms with Crippen molar-refractivity contribution in [2.75, 3.05) is 0 Å². The Bertz CT molecular complexity index is 2510. The molecule has 7 aromatic carbocycles. The van der Waals surface area contributed by atoms with Crippen molar-refractivity contribution in [1.29, 1.82) is 0 Å². The van der Waals surface area contributed by atoms with Gasteiger partial charge < -0.3 is 24.8 Å². The molecule has 64 heavy (non-hydrogen) atoms. The van der Waals surface area contributed by atoms with Gasteiger partial charge in [0.15, 0.2) is 0 Å². The molecule has 0 saturated carbocycles. The molecule has 0 saturated heterocycles. The van der Waals surface area contributed by atoms with Crippen LogP contribution in [0, 0.1) is 6.08 Å². The van der Waals surface area contributed by atoms with E-state index in [0.29, 0.717) is 0 Å². The minimum absolute atomic E-state index is 0. The molecule has 0 unspecified atom stereocenters. The number of allylic oxidation sites excluding steroid dienone is 4. The van der Waals surface area contributed by atoms with Crippen molar-refractivity contribution in [1.82, 2.24) is 0 Å². The summed E-state index contributed by atoms with van der Waals surface area (Å²) >= 11 is 1.55. The van der Waals surface area contributed by atoms with Crippen molar-refractivity contribution >= 4 is 51.3 Å². The molecule has 5 heteroatoms. The molecule has 0 N–H and O–H groups in total. The van der Waals surface area contributed by atoms with E-state index in [4.69, 9.17) is 0 Å². The van der Waals surface area contributed by atoms with Gasteiger partial charge in [-0.05, 0) is 44.2 Å². The fourth-order valence-electron chi connectivity index (χ4n) is 8.62. The summed E-state index contributed by atoms with van der Waals surface area (Å²) in [5.74, 6) is 0. The van der Waals surface area contributed by atoms with Crippen LogP contribution in [0.1, 0.15) is 70.2 Å². The van der Waals surface area contributed by atoms with Crippen LogP contribution in [-0.4, -0.2) is 19.4 Å². The third kappa shape index (κ3) is 13.5. The van der Waals surface area contributed by atoms with Gasteiger partial charge in [0.25, 0.3) is 0 Å². The Balaban J connectivity index is 0.000000321. The first-order chi connectivity index (χ1) is 29.2. The minimum atomic E-state index is -1.53. The first-order valence-corrected chi connectivity index (χ1v) is 30.7. The molecule has 8 rings (SSSR count). The molecule has 0 amide bonds. The first kappa shape index (κ1) is 53.1. The Labute approximate surface area is 416 Å². The second-order valence-corrected chi connectivity index (χ2v) is 33.0. The van der Waals surface area contributed by atoms with Gasteiger partial charge in [0, 0.05) is 0 Å². The molecular weight excluding hydrogens is 927 g/mol. The van der Waals surface area contributed by atoms with Crippen molar-refractivity contribution in [3.63, 3.8) is 0 Å². The fourth-order valence-corrected chi connectivity index (χ4v) is 12.9. The maximum absolute atomic E-state index is 2.99. The van der Waals surface area contributed by atoms with Gasteiger partial charge in [-0.15, -0.1) is 46.2 Å².